The van der Waals surface area contributed by atoms with Gasteiger partial charge >= 0.3 is 0 Å². The van der Waals surface area contributed by atoms with E-state index in [4.69, 9.17) is 26.8 Å². The number of rotatable bonds is 6. The molecule has 0 saturated carbocycles. The van der Waals surface area contributed by atoms with Gasteiger partial charge in [0.1, 0.15) is 18.1 Å². The van der Waals surface area contributed by atoms with Crippen molar-refractivity contribution in [2.75, 3.05) is 7.11 Å². The number of hydrogen-bond donors (Lipinski definition) is 1. The van der Waals surface area contributed by atoms with Crippen LogP contribution in [0.2, 0.25) is 5.02 Å². The predicted molar refractivity (Wildman–Crippen MR) is 86.0 cm³/mol. The molecule has 0 bridgehead atoms. The van der Waals surface area contributed by atoms with Gasteiger partial charge in [-0.3, -0.25) is 0 Å². The number of halogens is 1. The molecule has 2 aromatic rings. The molecule has 0 amide bonds. The zero-order valence-corrected chi connectivity index (χ0v) is 13.1. The van der Waals surface area contributed by atoms with Crippen molar-refractivity contribution in [3.8, 4) is 11.5 Å². The van der Waals surface area contributed by atoms with E-state index in [0.29, 0.717) is 13.2 Å². The topological polar surface area (TPSA) is 44.5 Å². The zero-order chi connectivity index (χ0) is 15.2. The van der Waals surface area contributed by atoms with Gasteiger partial charge in [0.25, 0.3) is 0 Å². The van der Waals surface area contributed by atoms with Crippen LogP contribution >= 0.6 is 11.6 Å². The smallest absolute Gasteiger partial charge is 0.123 e. The van der Waals surface area contributed by atoms with Gasteiger partial charge < -0.3 is 15.2 Å². The van der Waals surface area contributed by atoms with Gasteiger partial charge in [-0.15, -0.1) is 0 Å². The first-order valence-corrected chi connectivity index (χ1v) is 7.32. The van der Waals surface area contributed by atoms with Crippen LogP contribution in [-0.4, -0.2) is 7.11 Å². The quantitative estimate of drug-likeness (QED) is 0.879. The van der Waals surface area contributed by atoms with Gasteiger partial charge in [-0.1, -0.05) is 24.6 Å². The van der Waals surface area contributed by atoms with Gasteiger partial charge in [0.2, 0.25) is 0 Å². The van der Waals surface area contributed by atoms with Crippen LogP contribution < -0.4 is 15.2 Å². The molecule has 0 saturated heterocycles. The maximum atomic E-state index is 6.10. The maximum absolute atomic E-state index is 6.10. The minimum Gasteiger partial charge on any atom is -0.496 e. The molecule has 0 aliphatic carbocycles. The third kappa shape index (κ3) is 3.90. The summed E-state index contributed by atoms with van der Waals surface area (Å²) in [4.78, 5) is 0. The SMILES string of the molecule is CCc1cc(OCc2ccc(OC)c(CN)c2)ccc1Cl. The summed E-state index contributed by atoms with van der Waals surface area (Å²) in [6.07, 6.45) is 0.885. The Balaban J connectivity index is 2.09. The Labute approximate surface area is 130 Å². The van der Waals surface area contributed by atoms with Crippen LogP contribution in [-0.2, 0) is 19.6 Å². The first-order valence-electron chi connectivity index (χ1n) is 6.95. The van der Waals surface area contributed by atoms with Crippen LogP contribution in [0.15, 0.2) is 36.4 Å². The van der Waals surface area contributed by atoms with E-state index in [1.165, 1.54) is 0 Å². The van der Waals surface area contributed by atoms with Crippen LogP contribution in [0.5, 0.6) is 11.5 Å². The second-order valence-corrected chi connectivity index (χ2v) is 5.15. The molecule has 3 nitrogen and oxygen atoms in total. The van der Waals surface area contributed by atoms with Crippen molar-refractivity contribution in [1.82, 2.24) is 0 Å². The summed E-state index contributed by atoms with van der Waals surface area (Å²) >= 11 is 6.10. The van der Waals surface area contributed by atoms with Gasteiger partial charge in [0.15, 0.2) is 0 Å². The van der Waals surface area contributed by atoms with Crippen molar-refractivity contribution >= 4 is 11.6 Å². The Hall–Kier alpha value is -1.71. The number of ether oxygens (including phenoxy) is 2. The van der Waals surface area contributed by atoms with E-state index in [0.717, 1.165) is 39.6 Å². The highest BCUT2D eigenvalue weighted by Gasteiger charge is 2.05. The summed E-state index contributed by atoms with van der Waals surface area (Å²) in [7, 11) is 1.64. The monoisotopic (exact) mass is 305 g/mol. The molecule has 0 radical (unpaired) electrons. The molecule has 0 unspecified atom stereocenters. The molecular weight excluding hydrogens is 286 g/mol. The van der Waals surface area contributed by atoms with Gasteiger partial charge in [-0.25, -0.2) is 0 Å². The molecule has 0 spiro atoms. The highest BCUT2D eigenvalue weighted by molar-refractivity contribution is 6.31. The molecule has 0 aromatic heterocycles. The van der Waals surface area contributed by atoms with Crippen molar-refractivity contribution in [3.63, 3.8) is 0 Å². The summed E-state index contributed by atoms with van der Waals surface area (Å²) in [6.45, 7) is 3.00. The van der Waals surface area contributed by atoms with Crippen molar-refractivity contribution in [2.24, 2.45) is 5.73 Å². The van der Waals surface area contributed by atoms with Crippen molar-refractivity contribution in [1.29, 1.82) is 0 Å². The van der Waals surface area contributed by atoms with E-state index < -0.39 is 0 Å². The second-order valence-electron chi connectivity index (χ2n) is 4.75. The number of aryl methyl sites for hydroxylation is 1. The van der Waals surface area contributed by atoms with Crippen LogP contribution in [0.1, 0.15) is 23.6 Å². The van der Waals surface area contributed by atoms with E-state index in [-0.39, 0.29) is 0 Å². The third-order valence-corrected chi connectivity index (χ3v) is 3.74. The molecule has 4 heteroatoms. The molecule has 2 rings (SSSR count). The Bertz CT molecular complexity index is 614. The molecule has 0 heterocycles. The van der Waals surface area contributed by atoms with Crippen molar-refractivity contribution < 1.29 is 9.47 Å². The van der Waals surface area contributed by atoms with Crippen molar-refractivity contribution in [3.05, 3.63) is 58.1 Å². The molecule has 0 aliphatic heterocycles. The van der Waals surface area contributed by atoms with E-state index in [2.05, 4.69) is 6.92 Å². The first-order chi connectivity index (χ1) is 10.2. The summed E-state index contributed by atoms with van der Waals surface area (Å²) in [5.41, 5.74) is 8.85. The average molecular weight is 306 g/mol. The highest BCUT2D eigenvalue weighted by atomic mass is 35.5. The summed E-state index contributed by atoms with van der Waals surface area (Å²) in [6, 6.07) is 11.6. The van der Waals surface area contributed by atoms with Crippen LogP contribution in [0.25, 0.3) is 0 Å². The molecule has 21 heavy (non-hydrogen) atoms. The minimum absolute atomic E-state index is 0.442. The van der Waals surface area contributed by atoms with Crippen molar-refractivity contribution in [2.45, 2.75) is 26.5 Å². The molecular formula is C17H20ClNO2. The maximum Gasteiger partial charge on any atom is 0.123 e. The van der Waals surface area contributed by atoms with Crippen LogP contribution in [0, 0.1) is 0 Å². The number of hydrogen-bond acceptors (Lipinski definition) is 3. The van der Waals surface area contributed by atoms with Crippen LogP contribution in [0.3, 0.4) is 0 Å². The largest absolute Gasteiger partial charge is 0.496 e. The lowest BCUT2D eigenvalue weighted by molar-refractivity contribution is 0.305. The van der Waals surface area contributed by atoms with Crippen LogP contribution in [0.4, 0.5) is 0 Å². The first kappa shape index (κ1) is 15.7. The highest BCUT2D eigenvalue weighted by Crippen LogP contribution is 2.24. The van der Waals surface area contributed by atoms with E-state index in [1.54, 1.807) is 7.11 Å². The fraction of sp³-hybridized carbons (Fsp3) is 0.294. The molecule has 0 atom stereocenters. The Kier molecular flexibility index (Phi) is 5.48. The summed E-state index contributed by atoms with van der Waals surface area (Å²) in [5, 5.41) is 0.778. The van der Waals surface area contributed by atoms with Gasteiger partial charge in [0.05, 0.1) is 7.11 Å². The van der Waals surface area contributed by atoms with Gasteiger partial charge in [0, 0.05) is 17.1 Å². The normalized spacial score (nSPS) is 10.5. The van der Waals surface area contributed by atoms with Gasteiger partial charge in [-0.2, -0.15) is 0 Å². The lowest BCUT2D eigenvalue weighted by Crippen LogP contribution is -2.03. The molecule has 0 fully saturated rings. The third-order valence-electron chi connectivity index (χ3n) is 3.37. The van der Waals surface area contributed by atoms with Gasteiger partial charge in [-0.05, 0) is 47.9 Å². The molecule has 0 aliphatic rings. The predicted octanol–water partition coefficient (Wildman–Crippen LogP) is 3.95. The Morgan fingerprint density at radius 2 is 1.90 bits per heavy atom. The van der Waals surface area contributed by atoms with E-state index >= 15 is 0 Å². The van der Waals surface area contributed by atoms with E-state index in [1.807, 2.05) is 36.4 Å². The second kappa shape index (κ2) is 7.34. The molecule has 2 N–H and O–H groups in total. The lowest BCUT2D eigenvalue weighted by atomic mass is 10.1. The summed E-state index contributed by atoms with van der Waals surface area (Å²) < 4.78 is 11.1. The minimum atomic E-state index is 0.442. The average Bonchev–Trinajstić information content (AvgIpc) is 2.53. The molecule has 112 valence electrons. The number of benzene rings is 2. The number of nitrogens with two attached hydrogens (primary N) is 1. The number of methoxy groups -OCH3 is 1. The Morgan fingerprint density at radius 3 is 2.57 bits per heavy atom. The van der Waals surface area contributed by atoms with E-state index in [9.17, 15) is 0 Å². The molecule has 2 aromatic carbocycles. The lowest BCUT2D eigenvalue weighted by Gasteiger charge is -2.11. The fourth-order valence-corrected chi connectivity index (χ4v) is 2.41. The standard InChI is InChI=1S/C17H20ClNO2/c1-3-13-9-15(5-6-16(13)18)21-11-12-4-7-17(20-2)14(8-12)10-19/h4-9H,3,10-11,19H2,1-2H3. The summed E-state index contributed by atoms with van der Waals surface area (Å²) in [5.74, 6) is 1.63. The Morgan fingerprint density at radius 1 is 1.10 bits per heavy atom. The zero-order valence-electron chi connectivity index (χ0n) is 12.4. The fourth-order valence-electron chi connectivity index (χ4n) is 2.16.